The van der Waals surface area contributed by atoms with Gasteiger partial charge in [0.15, 0.2) is 0 Å². The van der Waals surface area contributed by atoms with Crippen LogP contribution in [-0.2, 0) is 17.9 Å². The number of nitrogens with two attached hydrogens (primary N) is 1. The van der Waals surface area contributed by atoms with E-state index < -0.39 is 6.03 Å². The maximum atomic E-state index is 12.0. The number of imide groups is 1. The summed E-state index contributed by atoms with van der Waals surface area (Å²) >= 11 is 0. The van der Waals surface area contributed by atoms with Gasteiger partial charge >= 0.3 is 6.03 Å². The molecule has 0 atom stereocenters. The molecule has 1 heterocycles. The zero-order valence-corrected chi connectivity index (χ0v) is 13.4. The molecule has 0 aliphatic rings. The average Bonchev–Trinajstić information content (AvgIpc) is 3.07. The molecule has 0 fully saturated rings. The van der Waals surface area contributed by atoms with Crippen molar-refractivity contribution in [1.82, 2.24) is 15.5 Å². The Balaban J connectivity index is 1.78. The molecule has 1 aromatic carbocycles. The van der Waals surface area contributed by atoms with E-state index in [0.29, 0.717) is 25.4 Å². The Bertz CT molecular complexity index is 629. The molecule has 2 rings (SSSR count). The molecule has 3 amide bonds. The molecule has 4 N–H and O–H groups in total. The Kier molecular flexibility index (Phi) is 7.00. The summed E-state index contributed by atoms with van der Waals surface area (Å²) in [7, 11) is 0. The number of benzene rings is 1. The van der Waals surface area contributed by atoms with Gasteiger partial charge in [0.2, 0.25) is 5.91 Å². The largest absolute Gasteiger partial charge is 0.467 e. The van der Waals surface area contributed by atoms with E-state index in [9.17, 15) is 9.59 Å². The molecular formula is C17H22N4O3. The van der Waals surface area contributed by atoms with Gasteiger partial charge in [-0.1, -0.05) is 30.3 Å². The van der Waals surface area contributed by atoms with Crippen LogP contribution in [0.5, 0.6) is 0 Å². The summed E-state index contributed by atoms with van der Waals surface area (Å²) in [4.78, 5) is 25.6. The third-order valence-corrected chi connectivity index (χ3v) is 3.32. The molecule has 0 saturated heterocycles. The first-order valence-corrected chi connectivity index (χ1v) is 7.74. The van der Waals surface area contributed by atoms with E-state index in [-0.39, 0.29) is 19.0 Å². The van der Waals surface area contributed by atoms with E-state index in [0.717, 1.165) is 5.56 Å². The lowest BCUT2D eigenvalue weighted by Crippen LogP contribution is -2.45. The van der Waals surface area contributed by atoms with Crippen LogP contribution in [0.25, 0.3) is 0 Å². The lowest BCUT2D eigenvalue weighted by atomic mass is 10.2. The maximum Gasteiger partial charge on any atom is 0.321 e. The number of hydrogen-bond donors (Lipinski definition) is 3. The number of furan rings is 1. The highest BCUT2D eigenvalue weighted by molar-refractivity contribution is 5.95. The second-order valence-electron chi connectivity index (χ2n) is 5.30. The molecule has 0 saturated carbocycles. The van der Waals surface area contributed by atoms with Crippen LogP contribution in [0.3, 0.4) is 0 Å². The van der Waals surface area contributed by atoms with Crippen LogP contribution in [0.4, 0.5) is 4.79 Å². The van der Waals surface area contributed by atoms with Crippen LogP contribution >= 0.6 is 0 Å². The van der Waals surface area contributed by atoms with Gasteiger partial charge in [0.25, 0.3) is 0 Å². The Morgan fingerprint density at radius 1 is 1.12 bits per heavy atom. The quantitative estimate of drug-likeness (QED) is 0.672. The maximum absolute atomic E-state index is 12.0. The van der Waals surface area contributed by atoms with Gasteiger partial charge in [-0.3, -0.25) is 15.0 Å². The van der Waals surface area contributed by atoms with Crippen LogP contribution in [-0.4, -0.2) is 36.5 Å². The zero-order chi connectivity index (χ0) is 17.2. The van der Waals surface area contributed by atoms with E-state index >= 15 is 0 Å². The summed E-state index contributed by atoms with van der Waals surface area (Å²) in [6.07, 6.45) is 1.52. The first kappa shape index (κ1) is 17.7. The van der Waals surface area contributed by atoms with Crippen molar-refractivity contribution in [3.63, 3.8) is 0 Å². The van der Waals surface area contributed by atoms with Crippen LogP contribution in [0, 0.1) is 0 Å². The summed E-state index contributed by atoms with van der Waals surface area (Å²) in [5.74, 6) is 0.239. The SMILES string of the molecule is NCCN(CC(=O)NC(=O)NCc1ccco1)Cc1ccccc1. The molecule has 1 aromatic heterocycles. The number of hydrogen-bond acceptors (Lipinski definition) is 5. The number of nitrogens with zero attached hydrogens (tertiary/aromatic N) is 1. The summed E-state index contributed by atoms with van der Waals surface area (Å²) in [6.45, 7) is 1.92. The van der Waals surface area contributed by atoms with Crippen molar-refractivity contribution in [3.05, 3.63) is 60.1 Å². The zero-order valence-electron chi connectivity index (χ0n) is 13.4. The summed E-state index contributed by atoms with van der Waals surface area (Å²) in [5, 5.41) is 4.87. The molecule has 2 aromatic rings. The monoisotopic (exact) mass is 330 g/mol. The Morgan fingerprint density at radius 3 is 2.58 bits per heavy atom. The molecule has 0 bridgehead atoms. The molecular weight excluding hydrogens is 308 g/mol. The van der Waals surface area contributed by atoms with Crippen LogP contribution in [0.1, 0.15) is 11.3 Å². The van der Waals surface area contributed by atoms with Crippen molar-refractivity contribution in [2.24, 2.45) is 5.73 Å². The van der Waals surface area contributed by atoms with Crippen molar-refractivity contribution in [2.45, 2.75) is 13.1 Å². The van der Waals surface area contributed by atoms with Crippen LogP contribution in [0.2, 0.25) is 0 Å². The molecule has 0 aliphatic carbocycles. The number of amides is 3. The van der Waals surface area contributed by atoms with Gasteiger partial charge in [-0.25, -0.2) is 4.79 Å². The van der Waals surface area contributed by atoms with E-state index in [1.54, 1.807) is 12.1 Å². The predicted molar refractivity (Wildman–Crippen MR) is 89.9 cm³/mol. The topological polar surface area (TPSA) is 101 Å². The number of carbonyl (C=O) groups is 2. The molecule has 7 nitrogen and oxygen atoms in total. The first-order valence-electron chi connectivity index (χ1n) is 7.74. The molecule has 0 unspecified atom stereocenters. The number of nitrogens with one attached hydrogen (secondary N) is 2. The summed E-state index contributed by atoms with van der Waals surface area (Å²) < 4.78 is 5.10. The minimum atomic E-state index is -0.552. The lowest BCUT2D eigenvalue weighted by Gasteiger charge is -2.20. The number of rotatable bonds is 8. The van der Waals surface area contributed by atoms with E-state index in [1.165, 1.54) is 6.26 Å². The van der Waals surface area contributed by atoms with Crippen LogP contribution in [0.15, 0.2) is 53.1 Å². The standard InChI is InChI=1S/C17H22N4O3/c18-8-9-21(12-14-5-2-1-3-6-14)13-16(22)20-17(23)19-11-15-7-4-10-24-15/h1-7,10H,8-9,11-13,18H2,(H2,19,20,22,23). The average molecular weight is 330 g/mol. The smallest absolute Gasteiger partial charge is 0.321 e. The fourth-order valence-corrected chi connectivity index (χ4v) is 2.23. The van der Waals surface area contributed by atoms with Gasteiger partial charge in [-0.05, 0) is 17.7 Å². The van der Waals surface area contributed by atoms with Crippen molar-refractivity contribution >= 4 is 11.9 Å². The summed E-state index contributed by atoms with van der Waals surface area (Å²) in [5.41, 5.74) is 6.68. The van der Waals surface area contributed by atoms with Gasteiger partial charge in [0.1, 0.15) is 5.76 Å². The molecule has 0 aliphatic heterocycles. The normalized spacial score (nSPS) is 10.6. The Hall–Kier alpha value is -2.64. The fraction of sp³-hybridized carbons (Fsp3) is 0.294. The predicted octanol–water partition coefficient (Wildman–Crippen LogP) is 1.07. The van der Waals surface area contributed by atoms with E-state index in [1.807, 2.05) is 35.2 Å². The number of urea groups is 1. The van der Waals surface area contributed by atoms with Gasteiger partial charge < -0.3 is 15.5 Å². The minimum Gasteiger partial charge on any atom is -0.467 e. The second-order valence-corrected chi connectivity index (χ2v) is 5.30. The lowest BCUT2D eigenvalue weighted by molar-refractivity contribution is -0.121. The summed E-state index contributed by atoms with van der Waals surface area (Å²) in [6, 6.07) is 12.7. The molecule has 0 radical (unpaired) electrons. The van der Waals surface area contributed by atoms with Gasteiger partial charge in [-0.2, -0.15) is 0 Å². The van der Waals surface area contributed by atoms with E-state index in [4.69, 9.17) is 10.2 Å². The highest BCUT2D eigenvalue weighted by Crippen LogP contribution is 2.03. The number of carbonyl (C=O) groups excluding carboxylic acids is 2. The van der Waals surface area contributed by atoms with Crippen molar-refractivity contribution in [1.29, 1.82) is 0 Å². The Labute approximate surface area is 140 Å². The fourth-order valence-electron chi connectivity index (χ4n) is 2.23. The second kappa shape index (κ2) is 9.49. The minimum absolute atomic E-state index is 0.0975. The first-order chi connectivity index (χ1) is 11.7. The third-order valence-electron chi connectivity index (χ3n) is 3.32. The third kappa shape index (κ3) is 6.23. The molecule has 0 spiro atoms. The molecule has 7 heteroatoms. The van der Waals surface area contributed by atoms with Crippen LogP contribution < -0.4 is 16.4 Å². The Morgan fingerprint density at radius 2 is 1.92 bits per heavy atom. The highest BCUT2D eigenvalue weighted by atomic mass is 16.3. The van der Waals surface area contributed by atoms with Gasteiger partial charge in [-0.15, -0.1) is 0 Å². The van der Waals surface area contributed by atoms with Crippen molar-refractivity contribution in [2.75, 3.05) is 19.6 Å². The van der Waals surface area contributed by atoms with Gasteiger partial charge in [0, 0.05) is 19.6 Å². The molecule has 128 valence electrons. The van der Waals surface area contributed by atoms with Gasteiger partial charge in [0.05, 0.1) is 19.4 Å². The van der Waals surface area contributed by atoms with Crippen molar-refractivity contribution < 1.29 is 14.0 Å². The molecule has 24 heavy (non-hydrogen) atoms. The highest BCUT2D eigenvalue weighted by Gasteiger charge is 2.13. The van der Waals surface area contributed by atoms with E-state index in [2.05, 4.69) is 10.6 Å². The van der Waals surface area contributed by atoms with Crippen molar-refractivity contribution in [3.8, 4) is 0 Å².